The molecule has 0 saturated carbocycles. The molecule has 0 fully saturated rings. The zero-order valence-corrected chi connectivity index (χ0v) is 6.96. The fourth-order valence-electron chi connectivity index (χ4n) is 0.786. The first-order valence-electron chi connectivity index (χ1n) is 3.84. The monoisotopic (exact) mass is 183 g/mol. The Hall–Kier alpha value is -1.49. The molecule has 0 saturated heterocycles. The Morgan fingerprint density at radius 3 is 2.92 bits per heavy atom. The van der Waals surface area contributed by atoms with Crippen LogP contribution < -0.4 is 11.1 Å². The second-order valence-corrected chi connectivity index (χ2v) is 2.41. The third-order valence-corrected chi connectivity index (χ3v) is 1.39. The second kappa shape index (κ2) is 4.51. The molecule has 1 aromatic rings. The van der Waals surface area contributed by atoms with Crippen LogP contribution in [0.25, 0.3) is 0 Å². The maximum absolute atomic E-state index is 12.4. The zero-order chi connectivity index (χ0) is 9.68. The van der Waals surface area contributed by atoms with Crippen molar-refractivity contribution in [2.75, 3.05) is 13.1 Å². The summed E-state index contributed by atoms with van der Waals surface area (Å²) in [5, 5.41) is 2.52. The fourth-order valence-corrected chi connectivity index (χ4v) is 0.786. The van der Waals surface area contributed by atoms with Gasteiger partial charge in [-0.05, 0) is 12.1 Å². The maximum atomic E-state index is 12.4. The highest BCUT2D eigenvalue weighted by Gasteiger charge is 2.04. The first kappa shape index (κ1) is 9.60. The molecule has 4 nitrogen and oxygen atoms in total. The van der Waals surface area contributed by atoms with E-state index in [9.17, 15) is 9.18 Å². The molecule has 1 amide bonds. The van der Waals surface area contributed by atoms with E-state index >= 15 is 0 Å². The summed E-state index contributed by atoms with van der Waals surface area (Å²) >= 11 is 0. The van der Waals surface area contributed by atoms with Gasteiger partial charge in [0.2, 0.25) is 0 Å². The van der Waals surface area contributed by atoms with Crippen molar-refractivity contribution in [2.24, 2.45) is 5.73 Å². The van der Waals surface area contributed by atoms with E-state index in [2.05, 4.69) is 10.3 Å². The van der Waals surface area contributed by atoms with Gasteiger partial charge in [-0.25, -0.2) is 9.37 Å². The molecule has 0 aliphatic heterocycles. The smallest absolute Gasteiger partial charge is 0.269 e. The molecular formula is C8H10FN3O. The van der Waals surface area contributed by atoms with Crippen LogP contribution in [0.5, 0.6) is 0 Å². The molecule has 0 radical (unpaired) electrons. The Morgan fingerprint density at radius 1 is 1.62 bits per heavy atom. The third-order valence-electron chi connectivity index (χ3n) is 1.39. The van der Waals surface area contributed by atoms with Crippen molar-refractivity contribution in [3.8, 4) is 0 Å². The summed E-state index contributed by atoms with van der Waals surface area (Å²) in [6.45, 7) is 0.755. The summed E-state index contributed by atoms with van der Waals surface area (Å²) in [4.78, 5) is 14.8. The van der Waals surface area contributed by atoms with Crippen molar-refractivity contribution in [1.29, 1.82) is 0 Å². The molecule has 1 aromatic heterocycles. The standard InChI is InChI=1S/C8H10FN3O/c9-6-1-2-7(12-5-6)8(13)11-4-3-10/h1-2,5H,3-4,10H2,(H,11,13). The number of pyridine rings is 1. The highest BCUT2D eigenvalue weighted by Crippen LogP contribution is 1.97. The normalized spacial score (nSPS) is 9.69. The fraction of sp³-hybridized carbons (Fsp3) is 0.250. The number of carbonyl (C=O) groups is 1. The molecule has 5 heteroatoms. The van der Waals surface area contributed by atoms with Gasteiger partial charge in [0, 0.05) is 13.1 Å². The first-order valence-corrected chi connectivity index (χ1v) is 3.84. The van der Waals surface area contributed by atoms with E-state index < -0.39 is 5.82 Å². The molecule has 0 atom stereocenters. The number of nitrogens with two attached hydrogens (primary N) is 1. The Balaban J connectivity index is 2.61. The number of hydrogen-bond acceptors (Lipinski definition) is 3. The second-order valence-electron chi connectivity index (χ2n) is 2.41. The largest absolute Gasteiger partial charge is 0.349 e. The number of amides is 1. The SMILES string of the molecule is NCCNC(=O)c1ccc(F)cn1. The minimum Gasteiger partial charge on any atom is -0.349 e. The minimum atomic E-state index is -0.463. The number of carbonyl (C=O) groups excluding carboxylic acids is 1. The average Bonchev–Trinajstić information content (AvgIpc) is 2.15. The predicted molar refractivity (Wildman–Crippen MR) is 45.6 cm³/mol. The summed E-state index contributed by atoms with van der Waals surface area (Å²) in [6.07, 6.45) is 0.997. The van der Waals surface area contributed by atoms with E-state index in [0.29, 0.717) is 13.1 Å². The quantitative estimate of drug-likeness (QED) is 0.688. The van der Waals surface area contributed by atoms with Crippen molar-refractivity contribution < 1.29 is 9.18 Å². The molecule has 0 aliphatic carbocycles. The number of halogens is 1. The van der Waals surface area contributed by atoms with Crippen molar-refractivity contribution in [2.45, 2.75) is 0 Å². The van der Waals surface area contributed by atoms with Crippen LogP contribution in [0.2, 0.25) is 0 Å². The van der Waals surface area contributed by atoms with Crippen LogP contribution in [0.4, 0.5) is 4.39 Å². The zero-order valence-electron chi connectivity index (χ0n) is 6.96. The van der Waals surface area contributed by atoms with Gasteiger partial charge in [-0.15, -0.1) is 0 Å². The van der Waals surface area contributed by atoms with Gasteiger partial charge < -0.3 is 11.1 Å². The lowest BCUT2D eigenvalue weighted by molar-refractivity contribution is 0.0949. The van der Waals surface area contributed by atoms with Crippen molar-refractivity contribution in [3.05, 3.63) is 29.8 Å². The first-order chi connectivity index (χ1) is 6.24. The summed E-state index contributed by atoms with van der Waals surface area (Å²) < 4.78 is 12.4. The van der Waals surface area contributed by atoms with Crippen LogP contribution in [-0.4, -0.2) is 24.0 Å². The van der Waals surface area contributed by atoms with Gasteiger partial charge in [-0.2, -0.15) is 0 Å². The van der Waals surface area contributed by atoms with Gasteiger partial charge in [0.15, 0.2) is 0 Å². The van der Waals surface area contributed by atoms with Gasteiger partial charge >= 0.3 is 0 Å². The Labute approximate surface area is 75.0 Å². The summed E-state index contributed by atoms with van der Waals surface area (Å²) in [5.41, 5.74) is 5.37. The van der Waals surface area contributed by atoms with Crippen LogP contribution in [0.15, 0.2) is 18.3 Å². The molecule has 1 heterocycles. The third kappa shape index (κ3) is 2.79. The maximum Gasteiger partial charge on any atom is 0.269 e. The van der Waals surface area contributed by atoms with E-state index in [-0.39, 0.29) is 11.6 Å². The number of rotatable bonds is 3. The van der Waals surface area contributed by atoms with Crippen LogP contribution in [0.1, 0.15) is 10.5 Å². The number of hydrogen-bond donors (Lipinski definition) is 2. The molecule has 3 N–H and O–H groups in total. The number of nitrogens with one attached hydrogen (secondary N) is 1. The molecule has 0 bridgehead atoms. The highest BCUT2D eigenvalue weighted by atomic mass is 19.1. The van der Waals surface area contributed by atoms with E-state index in [1.807, 2.05) is 0 Å². The summed E-state index contributed by atoms with van der Waals surface area (Å²) in [6, 6.07) is 2.51. The molecule has 13 heavy (non-hydrogen) atoms. The van der Waals surface area contributed by atoms with Gasteiger partial charge in [0.1, 0.15) is 11.5 Å². The van der Waals surface area contributed by atoms with Crippen LogP contribution >= 0.6 is 0 Å². The lowest BCUT2D eigenvalue weighted by Crippen LogP contribution is -2.29. The lowest BCUT2D eigenvalue weighted by atomic mass is 10.3. The van der Waals surface area contributed by atoms with Gasteiger partial charge in [-0.1, -0.05) is 0 Å². The van der Waals surface area contributed by atoms with E-state index in [1.54, 1.807) is 0 Å². The summed E-state index contributed by atoms with van der Waals surface area (Å²) in [5.74, 6) is -0.805. The van der Waals surface area contributed by atoms with E-state index in [0.717, 1.165) is 6.20 Å². The van der Waals surface area contributed by atoms with Crippen LogP contribution in [0.3, 0.4) is 0 Å². The summed E-state index contributed by atoms with van der Waals surface area (Å²) in [7, 11) is 0. The van der Waals surface area contributed by atoms with Gasteiger partial charge in [0.05, 0.1) is 6.20 Å². The Morgan fingerprint density at radius 2 is 2.38 bits per heavy atom. The topological polar surface area (TPSA) is 68.0 Å². The molecule has 1 rings (SSSR count). The van der Waals surface area contributed by atoms with Crippen molar-refractivity contribution in [1.82, 2.24) is 10.3 Å². The van der Waals surface area contributed by atoms with Crippen molar-refractivity contribution >= 4 is 5.91 Å². The van der Waals surface area contributed by atoms with Crippen molar-refractivity contribution in [3.63, 3.8) is 0 Å². The van der Waals surface area contributed by atoms with Gasteiger partial charge in [-0.3, -0.25) is 4.79 Å². The van der Waals surface area contributed by atoms with Crippen LogP contribution in [-0.2, 0) is 0 Å². The molecule has 0 unspecified atom stereocenters. The average molecular weight is 183 g/mol. The molecule has 0 spiro atoms. The molecular weight excluding hydrogens is 173 g/mol. The number of nitrogens with zero attached hydrogens (tertiary/aromatic N) is 1. The molecule has 0 aliphatic rings. The molecule has 0 aromatic carbocycles. The van der Waals surface area contributed by atoms with Gasteiger partial charge in [0.25, 0.3) is 5.91 Å². The predicted octanol–water partition coefficient (Wildman–Crippen LogP) is -0.0908. The van der Waals surface area contributed by atoms with E-state index in [4.69, 9.17) is 5.73 Å². The lowest BCUT2D eigenvalue weighted by Gasteiger charge is -2.01. The minimum absolute atomic E-state index is 0.190. The van der Waals surface area contributed by atoms with Crippen LogP contribution in [0, 0.1) is 5.82 Å². The Kier molecular flexibility index (Phi) is 3.33. The highest BCUT2D eigenvalue weighted by molar-refractivity contribution is 5.92. The number of aromatic nitrogens is 1. The molecule has 70 valence electrons. The van der Waals surface area contributed by atoms with E-state index in [1.165, 1.54) is 12.1 Å². The Bertz CT molecular complexity index is 286.